The van der Waals surface area contributed by atoms with Gasteiger partial charge in [0.05, 0.1) is 17.7 Å². The molecule has 0 radical (unpaired) electrons. The zero-order chi connectivity index (χ0) is 20.9. The molecule has 0 aliphatic carbocycles. The highest BCUT2D eigenvalue weighted by Crippen LogP contribution is 2.34. The van der Waals surface area contributed by atoms with Crippen molar-refractivity contribution in [2.75, 3.05) is 32.6 Å². The van der Waals surface area contributed by atoms with Crippen molar-refractivity contribution in [1.82, 2.24) is 4.90 Å². The van der Waals surface area contributed by atoms with Crippen LogP contribution >= 0.6 is 0 Å². The van der Waals surface area contributed by atoms with Crippen molar-refractivity contribution in [1.29, 1.82) is 0 Å². The van der Waals surface area contributed by atoms with Gasteiger partial charge in [0, 0.05) is 18.3 Å². The topological polar surface area (TPSA) is 41.6 Å². The van der Waals surface area contributed by atoms with Gasteiger partial charge in [-0.25, -0.2) is 4.39 Å². The molecule has 1 amide bonds. The van der Waals surface area contributed by atoms with E-state index in [1.54, 1.807) is 13.0 Å². The molecule has 4 nitrogen and oxygen atoms in total. The van der Waals surface area contributed by atoms with E-state index in [9.17, 15) is 22.4 Å². The summed E-state index contributed by atoms with van der Waals surface area (Å²) in [6.45, 7) is 2.60. The second kappa shape index (κ2) is 9.05. The van der Waals surface area contributed by atoms with Crippen molar-refractivity contribution in [2.45, 2.75) is 19.5 Å². The molecule has 2 aromatic rings. The second-order valence-corrected chi connectivity index (χ2v) is 6.69. The van der Waals surface area contributed by atoms with Gasteiger partial charge in [-0.2, -0.15) is 13.2 Å². The third-order valence-electron chi connectivity index (χ3n) is 3.88. The summed E-state index contributed by atoms with van der Waals surface area (Å²) in [5, 5.41) is 2.31. The minimum Gasteiger partial charge on any atom is -0.493 e. The number of carbonyl (C=O) groups excluding carboxylic acids is 1. The lowest BCUT2D eigenvalue weighted by Crippen LogP contribution is -2.16. The fraction of sp³-hybridized carbons (Fsp3) is 0.350. The first-order valence-electron chi connectivity index (χ1n) is 8.63. The number of aryl methyl sites for hydroxylation is 1. The molecule has 152 valence electrons. The lowest BCUT2D eigenvalue weighted by atomic mass is 10.1. The summed E-state index contributed by atoms with van der Waals surface area (Å²) in [7, 11) is 3.75. The number of ether oxygens (including phenoxy) is 1. The number of carbonyl (C=O) groups is 1. The number of anilines is 1. The number of halogens is 4. The highest BCUT2D eigenvalue weighted by atomic mass is 19.4. The molecule has 0 unspecified atom stereocenters. The summed E-state index contributed by atoms with van der Waals surface area (Å²) in [5.74, 6) is -1.60. The second-order valence-electron chi connectivity index (χ2n) is 6.69. The Labute approximate surface area is 161 Å². The van der Waals surface area contributed by atoms with Gasteiger partial charge in [0.25, 0.3) is 5.91 Å². The van der Waals surface area contributed by atoms with E-state index in [1.165, 1.54) is 18.2 Å². The summed E-state index contributed by atoms with van der Waals surface area (Å²) in [4.78, 5) is 14.2. The molecule has 0 heterocycles. The van der Waals surface area contributed by atoms with Gasteiger partial charge >= 0.3 is 6.18 Å². The van der Waals surface area contributed by atoms with Crippen LogP contribution in [0.25, 0.3) is 0 Å². The predicted octanol–water partition coefficient (Wildman–Crippen LogP) is 4.74. The van der Waals surface area contributed by atoms with E-state index in [2.05, 4.69) is 5.32 Å². The maximum absolute atomic E-state index is 14.0. The van der Waals surface area contributed by atoms with Gasteiger partial charge in [0.1, 0.15) is 11.6 Å². The van der Waals surface area contributed by atoms with Gasteiger partial charge in [-0.3, -0.25) is 4.79 Å². The van der Waals surface area contributed by atoms with Gasteiger partial charge in [-0.1, -0.05) is 6.07 Å². The SMILES string of the molecule is Cc1ccc(C(=O)Nc2cc(OCCCN(C)C)cc(C(F)(F)F)c2)c(F)c1. The van der Waals surface area contributed by atoms with Crippen molar-refractivity contribution in [3.63, 3.8) is 0 Å². The number of hydrogen-bond donors (Lipinski definition) is 1. The highest BCUT2D eigenvalue weighted by molar-refractivity contribution is 6.04. The quantitative estimate of drug-likeness (QED) is 0.541. The molecule has 0 aliphatic rings. The number of hydrogen-bond acceptors (Lipinski definition) is 3. The van der Waals surface area contributed by atoms with Crippen molar-refractivity contribution < 1.29 is 27.1 Å². The Hall–Kier alpha value is -2.61. The van der Waals surface area contributed by atoms with E-state index in [0.29, 0.717) is 12.0 Å². The molecular formula is C20H22F4N2O2. The third kappa shape index (κ3) is 6.23. The number of amides is 1. The van der Waals surface area contributed by atoms with Crippen molar-refractivity contribution in [2.24, 2.45) is 0 Å². The van der Waals surface area contributed by atoms with E-state index in [0.717, 1.165) is 18.7 Å². The molecule has 0 fully saturated rings. The Bertz CT molecular complexity index is 835. The number of rotatable bonds is 7. The first-order chi connectivity index (χ1) is 13.1. The summed E-state index contributed by atoms with van der Waals surface area (Å²) >= 11 is 0. The van der Waals surface area contributed by atoms with E-state index in [4.69, 9.17) is 4.74 Å². The number of benzene rings is 2. The monoisotopic (exact) mass is 398 g/mol. The Morgan fingerprint density at radius 2 is 1.86 bits per heavy atom. The van der Waals surface area contributed by atoms with Crippen molar-refractivity contribution in [3.05, 3.63) is 58.9 Å². The molecule has 0 saturated carbocycles. The van der Waals surface area contributed by atoms with Gasteiger partial charge in [0.15, 0.2) is 0 Å². The van der Waals surface area contributed by atoms with Crippen LogP contribution in [0, 0.1) is 12.7 Å². The standard InChI is InChI=1S/C20H22F4N2O2/c1-13-5-6-17(18(21)9-13)19(27)25-15-10-14(20(22,23)24)11-16(12-15)28-8-4-7-26(2)3/h5-6,9-12H,4,7-8H2,1-3H3,(H,25,27). The molecule has 2 rings (SSSR count). The van der Waals surface area contributed by atoms with Gasteiger partial charge < -0.3 is 15.0 Å². The zero-order valence-electron chi connectivity index (χ0n) is 15.9. The first-order valence-corrected chi connectivity index (χ1v) is 8.63. The Balaban J connectivity index is 2.21. The normalized spacial score (nSPS) is 11.6. The van der Waals surface area contributed by atoms with Crippen LogP contribution in [0.1, 0.15) is 27.9 Å². The number of nitrogens with one attached hydrogen (secondary N) is 1. The fourth-order valence-electron chi connectivity index (χ4n) is 2.49. The van der Waals surface area contributed by atoms with Gasteiger partial charge in [-0.15, -0.1) is 0 Å². The fourth-order valence-corrected chi connectivity index (χ4v) is 2.49. The molecule has 0 aliphatic heterocycles. The molecule has 0 atom stereocenters. The third-order valence-corrected chi connectivity index (χ3v) is 3.88. The van der Waals surface area contributed by atoms with Gasteiger partial charge in [0.2, 0.25) is 0 Å². The van der Waals surface area contributed by atoms with Crippen LogP contribution in [0.5, 0.6) is 5.75 Å². The van der Waals surface area contributed by atoms with E-state index >= 15 is 0 Å². The molecule has 28 heavy (non-hydrogen) atoms. The lowest BCUT2D eigenvalue weighted by molar-refractivity contribution is -0.137. The molecular weight excluding hydrogens is 376 g/mol. The smallest absolute Gasteiger partial charge is 0.416 e. The molecule has 8 heteroatoms. The molecule has 0 aromatic heterocycles. The maximum Gasteiger partial charge on any atom is 0.416 e. The summed E-state index contributed by atoms with van der Waals surface area (Å²) in [5.41, 5.74) is -0.710. The molecule has 2 aromatic carbocycles. The Kier molecular flexibility index (Phi) is 7.01. The lowest BCUT2D eigenvalue weighted by Gasteiger charge is -2.15. The van der Waals surface area contributed by atoms with E-state index < -0.39 is 23.5 Å². The van der Waals surface area contributed by atoms with E-state index in [1.807, 2.05) is 19.0 Å². The van der Waals surface area contributed by atoms with Crippen LogP contribution in [0.15, 0.2) is 36.4 Å². The average molecular weight is 398 g/mol. The van der Waals surface area contributed by atoms with E-state index in [-0.39, 0.29) is 23.6 Å². The zero-order valence-corrected chi connectivity index (χ0v) is 15.9. The predicted molar refractivity (Wildman–Crippen MR) is 99.2 cm³/mol. The largest absolute Gasteiger partial charge is 0.493 e. The van der Waals surface area contributed by atoms with Crippen LogP contribution in [0.2, 0.25) is 0 Å². The van der Waals surface area contributed by atoms with Crippen molar-refractivity contribution in [3.8, 4) is 5.75 Å². The van der Waals surface area contributed by atoms with Crippen LogP contribution < -0.4 is 10.1 Å². The number of nitrogens with zero attached hydrogens (tertiary/aromatic N) is 1. The van der Waals surface area contributed by atoms with Gasteiger partial charge in [-0.05, 0) is 57.3 Å². The highest BCUT2D eigenvalue weighted by Gasteiger charge is 2.31. The van der Waals surface area contributed by atoms with Crippen LogP contribution in [-0.4, -0.2) is 38.1 Å². The van der Waals surface area contributed by atoms with Crippen LogP contribution in [-0.2, 0) is 6.18 Å². The summed E-state index contributed by atoms with van der Waals surface area (Å²) in [6.07, 6.45) is -3.99. The summed E-state index contributed by atoms with van der Waals surface area (Å²) in [6, 6.07) is 6.96. The molecule has 0 bridgehead atoms. The molecule has 1 N–H and O–H groups in total. The summed E-state index contributed by atoms with van der Waals surface area (Å²) < 4.78 is 58.9. The molecule has 0 saturated heterocycles. The Morgan fingerprint density at radius 1 is 1.14 bits per heavy atom. The average Bonchev–Trinajstić information content (AvgIpc) is 2.57. The minimum atomic E-state index is -4.61. The van der Waals surface area contributed by atoms with Crippen molar-refractivity contribution >= 4 is 11.6 Å². The molecule has 0 spiro atoms. The maximum atomic E-state index is 14.0. The first kappa shape index (κ1) is 21.7. The Morgan fingerprint density at radius 3 is 2.46 bits per heavy atom. The van der Waals surface area contributed by atoms with Crippen LogP contribution in [0.3, 0.4) is 0 Å². The number of alkyl halides is 3. The minimum absolute atomic E-state index is 0.0201. The van der Waals surface area contributed by atoms with Crippen LogP contribution in [0.4, 0.5) is 23.2 Å².